The van der Waals surface area contributed by atoms with Crippen LogP contribution in [0.15, 0.2) is 35.2 Å². The van der Waals surface area contributed by atoms with E-state index in [4.69, 9.17) is 5.73 Å². The van der Waals surface area contributed by atoms with Gasteiger partial charge in [0.15, 0.2) is 0 Å². The molecule has 0 saturated carbocycles. The zero-order valence-corrected chi connectivity index (χ0v) is 13.4. The number of nitrogens with two attached hydrogens (primary N) is 1. The number of primary amides is 1. The van der Waals surface area contributed by atoms with Crippen molar-refractivity contribution in [3.63, 3.8) is 0 Å². The summed E-state index contributed by atoms with van der Waals surface area (Å²) in [5.74, 6) is -0.769. The molecule has 0 radical (unpaired) electrons. The minimum Gasteiger partial charge on any atom is -0.368 e. The summed E-state index contributed by atoms with van der Waals surface area (Å²) in [5, 5.41) is 4.08. The van der Waals surface area contributed by atoms with E-state index in [0.29, 0.717) is 17.0 Å². The molecule has 0 saturated heterocycles. The van der Waals surface area contributed by atoms with Crippen LogP contribution in [-0.2, 0) is 21.9 Å². The molecule has 0 aliphatic rings. The molecule has 0 fully saturated rings. The molecule has 7 nitrogen and oxygen atoms in total. The zero-order valence-electron chi connectivity index (χ0n) is 12.6. The number of nitrogens with zero attached hydrogens (tertiary/aromatic N) is 2. The highest BCUT2D eigenvalue weighted by atomic mass is 32.2. The van der Waals surface area contributed by atoms with Crippen LogP contribution in [0.3, 0.4) is 0 Å². The van der Waals surface area contributed by atoms with Crippen molar-refractivity contribution in [1.29, 1.82) is 0 Å². The number of aryl methyl sites for hydroxylation is 2. The van der Waals surface area contributed by atoms with Crippen LogP contribution in [0.25, 0.3) is 0 Å². The summed E-state index contributed by atoms with van der Waals surface area (Å²) >= 11 is 0. The van der Waals surface area contributed by atoms with E-state index in [1.165, 1.54) is 4.68 Å². The fourth-order valence-corrected chi connectivity index (χ4v) is 3.92. The number of carbonyl (C=O) groups excluding carboxylic acids is 1. The lowest BCUT2D eigenvalue weighted by molar-refractivity contribution is -0.119. The third kappa shape index (κ3) is 3.02. The predicted octanol–water partition coefficient (Wildman–Crippen LogP) is 0.542. The molecule has 8 heteroatoms. The van der Waals surface area contributed by atoms with Gasteiger partial charge in [0.2, 0.25) is 15.9 Å². The second-order valence-corrected chi connectivity index (χ2v) is 6.64. The van der Waals surface area contributed by atoms with Crippen molar-refractivity contribution in [2.24, 2.45) is 12.8 Å². The molecule has 0 spiro atoms. The minimum atomic E-state index is -3.93. The maximum Gasteiger partial charge on any atom is 0.245 e. The van der Waals surface area contributed by atoms with E-state index in [2.05, 4.69) is 9.82 Å². The van der Waals surface area contributed by atoms with Crippen molar-refractivity contribution >= 4 is 15.9 Å². The van der Waals surface area contributed by atoms with Crippen LogP contribution in [0.5, 0.6) is 0 Å². The maximum atomic E-state index is 12.6. The normalized spacial score (nSPS) is 13.0. The van der Waals surface area contributed by atoms with E-state index >= 15 is 0 Å². The highest BCUT2D eigenvalue weighted by Crippen LogP contribution is 2.22. The molecule has 1 aromatic heterocycles. The number of aromatic nitrogens is 2. The summed E-state index contributed by atoms with van der Waals surface area (Å²) < 4.78 is 29.0. The van der Waals surface area contributed by atoms with Gasteiger partial charge in [0.05, 0.1) is 11.4 Å². The average Bonchev–Trinajstić information content (AvgIpc) is 2.70. The van der Waals surface area contributed by atoms with Gasteiger partial charge in [-0.05, 0) is 19.4 Å². The Balaban J connectivity index is 2.44. The van der Waals surface area contributed by atoms with Crippen molar-refractivity contribution in [2.45, 2.75) is 24.8 Å². The van der Waals surface area contributed by atoms with Gasteiger partial charge in [0.25, 0.3) is 0 Å². The fraction of sp³-hybridized carbons (Fsp3) is 0.286. The quantitative estimate of drug-likeness (QED) is 0.837. The largest absolute Gasteiger partial charge is 0.368 e. The van der Waals surface area contributed by atoms with Crippen LogP contribution in [-0.4, -0.2) is 24.1 Å². The number of carbonyl (C=O) groups is 1. The molecule has 118 valence electrons. The Kier molecular flexibility index (Phi) is 4.34. The third-order valence-electron chi connectivity index (χ3n) is 3.40. The predicted molar refractivity (Wildman–Crippen MR) is 81.4 cm³/mol. The van der Waals surface area contributed by atoms with Crippen molar-refractivity contribution in [3.8, 4) is 0 Å². The van der Waals surface area contributed by atoms with E-state index in [1.807, 2.05) is 0 Å². The molecular formula is C14H18N4O3S. The van der Waals surface area contributed by atoms with Gasteiger partial charge in [-0.2, -0.15) is 9.82 Å². The molecule has 1 amide bonds. The smallest absolute Gasteiger partial charge is 0.245 e. The van der Waals surface area contributed by atoms with Crippen LogP contribution < -0.4 is 10.5 Å². The molecule has 0 aliphatic heterocycles. The second-order valence-electron chi connectivity index (χ2n) is 4.99. The number of rotatable bonds is 5. The van der Waals surface area contributed by atoms with Crippen LogP contribution in [0.2, 0.25) is 0 Å². The standard InChI is InChI=1S/C14H18N4O3S/c1-9-13(10(2)18(3)16-9)22(20,21)17-12(14(15)19)11-7-5-4-6-8-11/h4-8,12,17H,1-3H3,(H2,15,19). The first-order valence-corrected chi connectivity index (χ1v) is 8.09. The Labute approximate surface area is 129 Å². The Morgan fingerprint density at radius 3 is 2.32 bits per heavy atom. The van der Waals surface area contributed by atoms with Gasteiger partial charge in [0, 0.05) is 7.05 Å². The van der Waals surface area contributed by atoms with Gasteiger partial charge < -0.3 is 5.73 Å². The molecule has 1 aromatic carbocycles. The fourth-order valence-electron chi connectivity index (χ4n) is 2.29. The topological polar surface area (TPSA) is 107 Å². The van der Waals surface area contributed by atoms with Crippen molar-refractivity contribution < 1.29 is 13.2 Å². The monoisotopic (exact) mass is 322 g/mol. The van der Waals surface area contributed by atoms with Crippen molar-refractivity contribution in [2.75, 3.05) is 0 Å². The molecule has 22 heavy (non-hydrogen) atoms. The number of benzene rings is 1. The molecule has 1 heterocycles. The second kappa shape index (κ2) is 5.90. The van der Waals surface area contributed by atoms with Crippen molar-refractivity contribution in [3.05, 3.63) is 47.3 Å². The molecule has 0 bridgehead atoms. The first-order valence-electron chi connectivity index (χ1n) is 6.61. The molecule has 2 rings (SSSR count). The zero-order chi connectivity index (χ0) is 16.5. The number of nitrogens with one attached hydrogen (secondary N) is 1. The minimum absolute atomic E-state index is 0.0668. The first-order chi connectivity index (χ1) is 10.2. The number of hydrogen-bond acceptors (Lipinski definition) is 4. The van der Waals surface area contributed by atoms with Gasteiger partial charge in [0.1, 0.15) is 10.9 Å². The Morgan fingerprint density at radius 1 is 1.27 bits per heavy atom. The van der Waals surface area contributed by atoms with Crippen LogP contribution in [0, 0.1) is 13.8 Å². The van der Waals surface area contributed by atoms with Gasteiger partial charge >= 0.3 is 0 Å². The summed E-state index contributed by atoms with van der Waals surface area (Å²) in [7, 11) is -2.27. The summed E-state index contributed by atoms with van der Waals surface area (Å²) in [5.41, 5.74) is 6.68. The Bertz CT molecular complexity index is 797. The van der Waals surface area contributed by atoms with Crippen LogP contribution in [0.4, 0.5) is 0 Å². The summed E-state index contributed by atoms with van der Waals surface area (Å²) in [6, 6.07) is 7.33. The highest BCUT2D eigenvalue weighted by molar-refractivity contribution is 7.89. The maximum absolute atomic E-state index is 12.6. The Hall–Kier alpha value is -2.19. The Morgan fingerprint density at radius 2 is 1.86 bits per heavy atom. The summed E-state index contributed by atoms with van der Waals surface area (Å²) in [6.07, 6.45) is 0. The van der Waals surface area contributed by atoms with E-state index < -0.39 is 22.0 Å². The van der Waals surface area contributed by atoms with E-state index in [-0.39, 0.29) is 4.90 Å². The summed E-state index contributed by atoms with van der Waals surface area (Å²) in [4.78, 5) is 11.7. The number of hydrogen-bond donors (Lipinski definition) is 2. The van der Waals surface area contributed by atoms with Crippen LogP contribution >= 0.6 is 0 Å². The number of amides is 1. The third-order valence-corrected chi connectivity index (χ3v) is 5.08. The molecular weight excluding hydrogens is 304 g/mol. The SMILES string of the molecule is Cc1nn(C)c(C)c1S(=O)(=O)NC(C(N)=O)c1ccccc1. The molecule has 0 aliphatic carbocycles. The molecule has 2 aromatic rings. The number of sulfonamides is 1. The lowest BCUT2D eigenvalue weighted by Crippen LogP contribution is -2.37. The lowest BCUT2D eigenvalue weighted by Gasteiger charge is -2.16. The molecule has 1 unspecified atom stereocenters. The van der Waals surface area contributed by atoms with Gasteiger partial charge in [-0.25, -0.2) is 8.42 Å². The van der Waals surface area contributed by atoms with Gasteiger partial charge in [-0.1, -0.05) is 30.3 Å². The van der Waals surface area contributed by atoms with E-state index in [9.17, 15) is 13.2 Å². The average molecular weight is 322 g/mol. The van der Waals surface area contributed by atoms with E-state index in [1.54, 1.807) is 51.2 Å². The first kappa shape index (κ1) is 16.2. The lowest BCUT2D eigenvalue weighted by atomic mass is 10.1. The van der Waals surface area contributed by atoms with E-state index in [0.717, 1.165) is 0 Å². The van der Waals surface area contributed by atoms with Gasteiger partial charge in [-0.3, -0.25) is 9.48 Å². The van der Waals surface area contributed by atoms with Crippen LogP contribution in [0.1, 0.15) is 23.0 Å². The highest BCUT2D eigenvalue weighted by Gasteiger charge is 2.29. The van der Waals surface area contributed by atoms with Crippen molar-refractivity contribution in [1.82, 2.24) is 14.5 Å². The van der Waals surface area contributed by atoms with Gasteiger partial charge in [-0.15, -0.1) is 0 Å². The molecule has 3 N–H and O–H groups in total. The molecule has 1 atom stereocenters. The summed E-state index contributed by atoms with van der Waals surface area (Å²) in [6.45, 7) is 3.25.